The van der Waals surface area contributed by atoms with Crippen LogP contribution in [-0.4, -0.2) is 206 Å². The van der Waals surface area contributed by atoms with Gasteiger partial charge in [-0.3, -0.25) is 48.6 Å². The minimum absolute atomic E-state index is 0. The Morgan fingerprint density at radius 3 is 1.30 bits per heavy atom. The maximum absolute atomic E-state index is 13.8. The van der Waals surface area contributed by atoms with Crippen molar-refractivity contribution in [2.24, 2.45) is 11.8 Å². The Hall–Kier alpha value is -8.82. The number of pyridine rings is 2. The van der Waals surface area contributed by atoms with Gasteiger partial charge in [-0.15, -0.1) is 23.5 Å². The molecule has 26 nitrogen and oxygen atoms in total. The number of carbonyl (C=O) groups is 10. The predicted molar refractivity (Wildman–Crippen MR) is 476 cm³/mol. The van der Waals surface area contributed by atoms with Crippen molar-refractivity contribution >= 4 is 173 Å². The summed E-state index contributed by atoms with van der Waals surface area (Å²) in [4.78, 5) is 131. The first-order chi connectivity index (χ1) is 58.7. The average molecular weight is 2050 g/mol. The molecule has 12 rings (SSSR count). The second-order valence-corrected chi connectivity index (χ2v) is 32.9. The second kappa shape index (κ2) is 53.7. The number of ketones is 4. The molecular formula is C86H92Br3Cl4F4N7O19S2. The zero-order chi connectivity index (χ0) is 90.1. The highest BCUT2D eigenvalue weighted by Crippen LogP contribution is 2.41. The van der Waals surface area contributed by atoms with E-state index < -0.39 is 48.1 Å². The average Bonchev–Trinajstić information content (AvgIpc) is 1.43. The largest absolute Gasteiger partial charge is 0.870 e. The van der Waals surface area contributed by atoms with Crippen LogP contribution in [0.1, 0.15) is 146 Å². The molecule has 2 saturated heterocycles. The maximum Gasteiger partial charge on any atom is 0.387 e. The lowest BCUT2D eigenvalue weighted by atomic mass is 10.0. The topological polar surface area (TPSA) is 349 Å². The third kappa shape index (κ3) is 34.4. The van der Waals surface area contributed by atoms with E-state index in [0.29, 0.717) is 137 Å². The van der Waals surface area contributed by atoms with Crippen LogP contribution in [0.3, 0.4) is 0 Å². The first-order valence-corrected chi connectivity index (χ1v) is 46.3. The molecule has 0 unspecified atom stereocenters. The quantitative estimate of drug-likeness (QED) is 0.0134. The number of nitrogens with one attached hydrogen (secondary N) is 3. The van der Waals surface area contributed by atoms with Gasteiger partial charge >= 0.3 is 25.2 Å². The van der Waals surface area contributed by atoms with Gasteiger partial charge in [-0.05, 0) is 135 Å². The molecule has 2 aliphatic carbocycles. The summed E-state index contributed by atoms with van der Waals surface area (Å²) < 4.78 is 89.7. The molecular weight excluding hydrogens is 1960 g/mol. The van der Waals surface area contributed by atoms with Gasteiger partial charge in [0.05, 0.1) is 25.1 Å². The molecule has 4 atom stereocenters. The van der Waals surface area contributed by atoms with E-state index in [1.54, 1.807) is 175 Å². The summed E-state index contributed by atoms with van der Waals surface area (Å²) in [6, 6.07) is 35.4. The highest BCUT2D eigenvalue weighted by molar-refractivity contribution is 9.93. The molecule has 2 saturated carbocycles. The number of carbonyl (C=O) groups excluding carboxylic acids is 10. The third-order valence-electron chi connectivity index (χ3n) is 18.4. The summed E-state index contributed by atoms with van der Waals surface area (Å²) in [7, 11) is 10.00. The van der Waals surface area contributed by atoms with Gasteiger partial charge in [0.2, 0.25) is 0 Å². The lowest BCUT2D eigenvalue weighted by molar-refractivity contribution is -0.378. The Morgan fingerprint density at radius 1 is 0.520 bits per heavy atom. The van der Waals surface area contributed by atoms with Crippen LogP contribution < -0.4 is 39.0 Å². The number of amides is 3. The lowest BCUT2D eigenvalue weighted by Gasteiger charge is -2.26. The number of esters is 2. The van der Waals surface area contributed by atoms with E-state index in [9.17, 15) is 65.5 Å². The van der Waals surface area contributed by atoms with Crippen LogP contribution in [0.5, 0.6) is 28.7 Å². The van der Waals surface area contributed by atoms with Crippen molar-refractivity contribution in [3.63, 3.8) is 0 Å². The third-order valence-corrected chi connectivity index (χ3v) is 22.6. The maximum atomic E-state index is 13.8. The number of thioether (sulfide) groups is 2. The number of aromatic amines is 2. The number of Topliss-reactive ketones (excluding diaryl/α,β-unsaturated/α-hetero) is 4. The molecule has 2 aliphatic heterocycles. The second-order valence-electron chi connectivity index (χ2n) is 28.3. The van der Waals surface area contributed by atoms with E-state index in [1.165, 1.54) is 82.4 Å². The Bertz CT molecular complexity index is 4950. The lowest BCUT2D eigenvalue weighted by Crippen LogP contribution is -2.39. The van der Waals surface area contributed by atoms with Gasteiger partial charge in [0, 0.05) is 158 Å². The predicted octanol–water partition coefficient (Wildman–Crippen LogP) is 17.0. The van der Waals surface area contributed by atoms with Crippen LogP contribution >= 0.6 is 114 Å². The number of halogens is 11. The van der Waals surface area contributed by atoms with E-state index in [2.05, 4.69) is 68.9 Å². The van der Waals surface area contributed by atoms with Crippen molar-refractivity contribution in [3.8, 4) is 28.7 Å². The Morgan fingerprint density at radius 2 is 0.912 bits per heavy atom. The van der Waals surface area contributed by atoms with E-state index in [1.807, 2.05) is 0 Å². The fourth-order valence-electron chi connectivity index (χ4n) is 11.6. The number of H-pyrrole nitrogens is 2. The van der Waals surface area contributed by atoms with Gasteiger partial charge in [0.15, 0.2) is 81.7 Å². The van der Waals surface area contributed by atoms with Crippen molar-refractivity contribution in [3.05, 3.63) is 240 Å². The molecule has 4 aliphatic rings. The molecule has 0 spiro atoms. The van der Waals surface area contributed by atoms with Crippen LogP contribution in [0.25, 0.3) is 0 Å². The van der Waals surface area contributed by atoms with E-state index in [4.69, 9.17) is 70.1 Å². The van der Waals surface area contributed by atoms with Crippen molar-refractivity contribution in [2.45, 2.75) is 88.6 Å². The first kappa shape index (κ1) is 107. The minimum Gasteiger partial charge on any atom is -0.870 e. The smallest absolute Gasteiger partial charge is 0.387 e. The highest BCUT2D eigenvalue weighted by Gasteiger charge is 2.38. The van der Waals surface area contributed by atoms with Crippen LogP contribution in [0.15, 0.2) is 158 Å². The molecule has 0 radical (unpaired) electrons. The van der Waals surface area contributed by atoms with Gasteiger partial charge < -0.3 is 58.8 Å². The molecule has 5 N–H and O–H groups in total. The van der Waals surface area contributed by atoms with Crippen molar-refractivity contribution < 1.29 is 120 Å². The first-order valence-electron chi connectivity index (χ1n) is 37.9. The molecule has 6 aromatic carbocycles. The van der Waals surface area contributed by atoms with Crippen LogP contribution in [0, 0.1) is 11.8 Å². The number of hydrogen-bond acceptors (Lipinski definition) is 23. The van der Waals surface area contributed by atoms with E-state index >= 15 is 0 Å². The SMILES string of the molecule is BrBr.CC(=O)c1cccc(C(=O)N(C)C)c1.CC(=O)c1cccc(OC=O)c1.CN(C)C(=O)c1cccc(C(=O)CBr)c1.CN(C)C(=O)c1cccc(C(=O)CN2CCS[C@H]2C(=O)O[C@@H](Cc2c(Cl)c[nH+]cc2Cl)c2ccc(OC(F)F)c(OCC3CC3)c2)c1.O=C(O[C@@H](Cc1c(Cl)c[nH+]cc1Cl)c1ccc(OC(F)F)c(OCC2CC2)c1)[C@H]1NCCS1.[OH-].[OH-]. The molecule has 0 bridgehead atoms. The number of ether oxygens (including phenoxy) is 7. The minimum atomic E-state index is -3.06. The van der Waals surface area contributed by atoms with E-state index in [-0.39, 0.29) is 99.5 Å². The fourth-order valence-corrected chi connectivity index (χ4v) is 15.0. The number of nitrogens with zero attached hydrogens (tertiary/aromatic N) is 4. The Labute approximate surface area is 772 Å². The summed E-state index contributed by atoms with van der Waals surface area (Å²) in [5.74, 6) is 0.811. The summed E-state index contributed by atoms with van der Waals surface area (Å²) in [6.45, 7) is -0.921. The van der Waals surface area contributed by atoms with Gasteiger partial charge in [-0.2, -0.15) is 17.6 Å². The molecule has 8 aromatic rings. The number of alkyl halides is 5. The van der Waals surface area contributed by atoms with Gasteiger partial charge in [0.25, 0.3) is 24.2 Å². The molecule has 674 valence electrons. The summed E-state index contributed by atoms with van der Waals surface area (Å²) in [5, 5.41) is 3.50. The highest BCUT2D eigenvalue weighted by atomic mass is 80.9. The van der Waals surface area contributed by atoms with Crippen LogP contribution in [-0.2, 0) is 36.7 Å². The number of aromatic nitrogens is 2. The standard InChI is InChI=1S/C33H33Cl2F2N3O6S.C22H22Cl2F2N2O4S.C11H12BrNO2.C11H13NO2.C9H8O3.Br2.2H2O/c1-39(2)30(42)22-5-3-4-20(12-22)26(41)17-40-10-11-47-31(40)32(43)45-28(14-23-24(34)15-38-16-25(23)35)21-8-9-27(46-33(36)37)29(13-21)44-18-19-6-7-19;23-15-9-27-10-16(24)14(15)8-18(31-21(29)20-28-5-6-33-20)13-3-4-17(32-22(25)26)19(7-13)30-11-12-1-2-12;1-13(2)11(15)9-5-3-4-8(6-9)10(14)7-12;1-8(13)9-5-4-6-10(7-9)11(14)12(2)3;1-7(11)8-3-2-4-9(5-8)12-6-10;1-2;;/h3-5,8-9,12-13,15-16,19,28,31,33H,6-7,10-11,14,17-18H2,1-2H3;3-4,7,9-10,12,18,20,22,28H,1-2,5-6,8,11H2;3-6H,7H2,1-2H3;4-7H,1-3H3;2-6H,1H3;;2*1H2/t28-,31-;18-,20-;;;;;;/m00....../s1. The van der Waals surface area contributed by atoms with Crippen LogP contribution in [0.4, 0.5) is 17.6 Å². The van der Waals surface area contributed by atoms with Crippen LogP contribution in [0.2, 0.25) is 20.1 Å². The van der Waals surface area contributed by atoms with Gasteiger partial charge in [-0.1, -0.05) is 123 Å². The summed E-state index contributed by atoms with van der Waals surface area (Å²) in [5.41, 5.74) is 5.59. The summed E-state index contributed by atoms with van der Waals surface area (Å²) >= 11 is 37.0. The molecule has 2 aromatic heterocycles. The van der Waals surface area contributed by atoms with Gasteiger partial charge in [-0.25, -0.2) is 19.6 Å². The molecule has 39 heteroatoms. The molecule has 4 fully saturated rings. The molecule has 4 heterocycles. The molecule has 125 heavy (non-hydrogen) atoms. The number of benzene rings is 6. The molecule has 3 amide bonds. The Kier molecular flexibility index (Phi) is 45.9. The normalized spacial score (nSPS) is 14.5. The summed E-state index contributed by atoms with van der Waals surface area (Å²) in [6.07, 6.45) is 8.86. The fraction of sp³-hybridized carbons (Fsp3) is 0.349. The van der Waals surface area contributed by atoms with Crippen molar-refractivity contribution in [2.75, 3.05) is 92.0 Å². The zero-order valence-electron chi connectivity index (χ0n) is 68.7. The number of rotatable bonds is 32. The Balaban J connectivity index is 0.000000306. The van der Waals surface area contributed by atoms with Gasteiger partial charge in [0.1, 0.15) is 38.0 Å². The van der Waals surface area contributed by atoms with Crippen molar-refractivity contribution in [1.82, 2.24) is 24.9 Å². The monoisotopic (exact) mass is 2040 g/mol. The zero-order valence-corrected chi connectivity index (χ0v) is 78.1. The number of hydrogen-bond donors (Lipinski definition) is 1. The van der Waals surface area contributed by atoms with E-state index in [0.717, 1.165) is 31.4 Å². The van der Waals surface area contributed by atoms with Crippen molar-refractivity contribution in [1.29, 1.82) is 0 Å².